The molecule has 1 N–H and O–H groups in total. The molecule has 0 fully saturated rings. The molecule has 0 bridgehead atoms. The van der Waals surface area contributed by atoms with Crippen molar-refractivity contribution in [2.24, 2.45) is 0 Å². The lowest BCUT2D eigenvalue weighted by molar-refractivity contribution is 0.172. The first kappa shape index (κ1) is 8.29. The van der Waals surface area contributed by atoms with Crippen molar-refractivity contribution in [2.75, 3.05) is 13.0 Å². The fourth-order valence-electron chi connectivity index (χ4n) is 0.183. The molecule has 0 aromatic heterocycles. The van der Waals surface area contributed by atoms with Gasteiger partial charge in [0.25, 0.3) is 0 Å². The van der Waals surface area contributed by atoms with E-state index in [-0.39, 0.29) is 6.73 Å². The van der Waals surface area contributed by atoms with Crippen molar-refractivity contribution >= 4 is 23.5 Å². The van der Waals surface area contributed by atoms with Crippen LogP contribution < -0.4 is 5.32 Å². The number of hydrogen-bond donors (Lipinski definition) is 1. The van der Waals surface area contributed by atoms with Crippen LogP contribution in [0, 0.1) is 0 Å². The molecule has 0 unspecified atom stereocenters. The molecule has 4 nitrogen and oxygen atoms in total. The quantitative estimate of drug-likeness (QED) is 0.267. The zero-order valence-electron chi connectivity index (χ0n) is 4.84. The summed E-state index contributed by atoms with van der Waals surface area (Å²) in [4.78, 5) is 19.7. The minimum Gasteiger partial charge on any atom is -0.436 e. The van der Waals surface area contributed by atoms with Gasteiger partial charge in [0, 0.05) is 0 Å². The van der Waals surface area contributed by atoms with Gasteiger partial charge in [-0.15, -0.1) is 0 Å². The van der Waals surface area contributed by atoms with Crippen molar-refractivity contribution < 1.29 is 14.3 Å². The van der Waals surface area contributed by atoms with Crippen LogP contribution in [0.5, 0.6) is 0 Å². The van der Waals surface area contributed by atoms with Crippen LogP contribution in [0.25, 0.3) is 0 Å². The summed E-state index contributed by atoms with van der Waals surface area (Å²) in [5, 5.41) is 1.63. The van der Waals surface area contributed by atoms with Crippen LogP contribution in [0.1, 0.15) is 0 Å². The highest BCUT2D eigenvalue weighted by molar-refractivity contribution is 8.12. The number of nitrogens with one attached hydrogen (secondary N) is 1. The molecular formula is C4H6NO3S. The summed E-state index contributed by atoms with van der Waals surface area (Å²) in [5.74, 6) is 0. The van der Waals surface area contributed by atoms with Crippen molar-refractivity contribution in [1.29, 1.82) is 0 Å². The Balaban J connectivity index is 3.06. The van der Waals surface area contributed by atoms with Crippen LogP contribution in [-0.4, -0.2) is 24.7 Å². The molecule has 0 spiro atoms. The first-order chi connectivity index (χ1) is 4.31. The van der Waals surface area contributed by atoms with Crippen LogP contribution in [0.4, 0.5) is 4.79 Å². The fraction of sp³-hybridized carbons (Fsp3) is 0.500. The molecule has 9 heavy (non-hydrogen) atoms. The summed E-state index contributed by atoms with van der Waals surface area (Å²) in [6.45, 7) is -0.108. The summed E-state index contributed by atoms with van der Waals surface area (Å²) in [5.41, 5.74) is 0. The van der Waals surface area contributed by atoms with Gasteiger partial charge in [-0.2, -0.15) is 0 Å². The van der Waals surface area contributed by atoms with E-state index in [1.807, 2.05) is 0 Å². The average Bonchev–Trinajstić information content (AvgIpc) is 1.89. The van der Waals surface area contributed by atoms with Gasteiger partial charge >= 0.3 is 11.7 Å². The third-order valence-electron chi connectivity index (χ3n) is 0.501. The highest BCUT2D eigenvalue weighted by Crippen LogP contribution is 1.96. The molecule has 0 aromatic carbocycles. The van der Waals surface area contributed by atoms with Gasteiger partial charge in [-0.05, 0) is 18.0 Å². The molecule has 1 amide bonds. The lowest BCUT2D eigenvalue weighted by atomic mass is 11.1. The van der Waals surface area contributed by atoms with E-state index in [1.54, 1.807) is 6.26 Å². The van der Waals surface area contributed by atoms with Crippen LogP contribution in [-0.2, 0) is 9.53 Å². The van der Waals surface area contributed by atoms with Gasteiger partial charge < -0.3 is 10.1 Å². The first-order valence-corrected chi connectivity index (χ1v) is 3.34. The summed E-state index contributed by atoms with van der Waals surface area (Å²) in [6.07, 6.45) is 2.95. The average molecular weight is 148 g/mol. The Hall–Kier alpha value is -0.710. The second-order valence-electron chi connectivity index (χ2n) is 1.02. The lowest BCUT2D eigenvalue weighted by Gasteiger charge is -1.97. The van der Waals surface area contributed by atoms with Gasteiger partial charge in [-0.1, -0.05) is 0 Å². The fourth-order valence-corrected chi connectivity index (χ4v) is 0.360. The Morgan fingerprint density at radius 2 is 2.56 bits per heavy atom. The van der Waals surface area contributed by atoms with E-state index < -0.39 is 5.30 Å². The first-order valence-electron chi connectivity index (χ1n) is 2.12. The highest BCUT2D eigenvalue weighted by atomic mass is 32.2. The Morgan fingerprint density at radius 1 is 1.89 bits per heavy atom. The zero-order chi connectivity index (χ0) is 7.11. The summed E-state index contributed by atoms with van der Waals surface area (Å²) < 4.78 is 4.38. The van der Waals surface area contributed by atoms with E-state index in [2.05, 4.69) is 10.1 Å². The van der Waals surface area contributed by atoms with Gasteiger partial charge in [-0.25, -0.2) is 4.79 Å². The van der Waals surface area contributed by atoms with Gasteiger partial charge in [-0.3, -0.25) is 4.79 Å². The van der Waals surface area contributed by atoms with Crippen LogP contribution >= 0.6 is 11.8 Å². The maximum absolute atomic E-state index is 10.3. The van der Waals surface area contributed by atoms with Crippen molar-refractivity contribution in [3.8, 4) is 0 Å². The zero-order valence-corrected chi connectivity index (χ0v) is 5.66. The predicted molar refractivity (Wildman–Crippen MR) is 33.7 cm³/mol. The Kier molecular flexibility index (Phi) is 5.00. The van der Waals surface area contributed by atoms with Gasteiger partial charge in [0.1, 0.15) is 0 Å². The molecule has 0 rings (SSSR count). The second kappa shape index (κ2) is 5.43. The largest absolute Gasteiger partial charge is 0.436 e. The number of carbonyl (C=O) groups excluding carboxylic acids is 2. The molecule has 0 aliphatic carbocycles. The third-order valence-corrected chi connectivity index (χ3v) is 0.952. The predicted octanol–water partition coefficient (Wildman–Crippen LogP) is 0.100. The number of rotatable bonds is 3. The number of ether oxygens (including phenoxy) is 1. The standard InChI is InChI=1S/C4H6NO3S/c1-9-4(7)8-3-5-2-6/h3H2,1H3,(H,5,6). The highest BCUT2D eigenvalue weighted by Gasteiger charge is 1.95. The molecular weight excluding hydrogens is 142 g/mol. The summed E-state index contributed by atoms with van der Waals surface area (Å²) in [7, 11) is 0. The topological polar surface area (TPSA) is 55.4 Å². The third kappa shape index (κ3) is 5.16. The number of hydrogen-bond acceptors (Lipinski definition) is 4. The summed E-state index contributed by atoms with van der Waals surface area (Å²) >= 11 is 0.944. The van der Waals surface area contributed by atoms with Crippen molar-refractivity contribution in [3.05, 3.63) is 0 Å². The molecule has 5 heteroatoms. The van der Waals surface area contributed by atoms with Crippen LogP contribution in [0.2, 0.25) is 0 Å². The van der Waals surface area contributed by atoms with Crippen molar-refractivity contribution in [2.45, 2.75) is 0 Å². The van der Waals surface area contributed by atoms with Crippen LogP contribution in [0.15, 0.2) is 0 Å². The van der Waals surface area contributed by atoms with E-state index in [4.69, 9.17) is 0 Å². The second-order valence-corrected chi connectivity index (χ2v) is 1.76. The van der Waals surface area contributed by atoms with E-state index in [0.717, 1.165) is 11.8 Å². The van der Waals surface area contributed by atoms with E-state index in [0.29, 0.717) is 0 Å². The number of carbonyl (C=O) groups is 1. The minimum atomic E-state index is -0.419. The molecule has 1 radical (unpaired) electrons. The van der Waals surface area contributed by atoms with Gasteiger partial charge in [0.05, 0.1) is 0 Å². The van der Waals surface area contributed by atoms with E-state index >= 15 is 0 Å². The maximum Gasteiger partial charge on any atom is 0.368 e. The number of thioether (sulfide) groups is 1. The molecule has 0 atom stereocenters. The molecule has 0 saturated carbocycles. The Morgan fingerprint density at radius 3 is 3.00 bits per heavy atom. The monoisotopic (exact) mass is 148 g/mol. The van der Waals surface area contributed by atoms with E-state index in [1.165, 1.54) is 6.41 Å². The Labute approximate surface area is 56.9 Å². The Bertz CT molecular complexity index is 106. The molecule has 0 aliphatic rings. The van der Waals surface area contributed by atoms with Gasteiger partial charge in [0.2, 0.25) is 0 Å². The SMILES string of the molecule is CSC(=O)OCN[C]=O. The molecule has 0 heterocycles. The molecule has 0 aliphatic heterocycles. The molecule has 0 saturated heterocycles. The van der Waals surface area contributed by atoms with Gasteiger partial charge in [0.15, 0.2) is 6.73 Å². The maximum atomic E-state index is 10.3. The summed E-state index contributed by atoms with van der Waals surface area (Å²) in [6, 6.07) is 0. The van der Waals surface area contributed by atoms with Crippen LogP contribution in [0.3, 0.4) is 0 Å². The molecule has 0 aromatic rings. The van der Waals surface area contributed by atoms with Crippen molar-refractivity contribution in [1.82, 2.24) is 5.32 Å². The van der Waals surface area contributed by atoms with E-state index in [9.17, 15) is 9.59 Å². The normalized spacial score (nSPS) is 8.11. The minimum absolute atomic E-state index is 0.108. The smallest absolute Gasteiger partial charge is 0.368 e. The molecule has 51 valence electrons. The number of amides is 1. The van der Waals surface area contributed by atoms with Crippen molar-refractivity contribution in [3.63, 3.8) is 0 Å². The lowest BCUT2D eigenvalue weighted by Crippen LogP contribution is -2.16.